The van der Waals surface area contributed by atoms with Crippen LogP contribution in [0.1, 0.15) is 58.3 Å². The van der Waals surface area contributed by atoms with Crippen LogP contribution in [0.25, 0.3) is 0 Å². The fourth-order valence-corrected chi connectivity index (χ4v) is 3.67. The molecule has 1 aromatic carbocycles. The Kier molecular flexibility index (Phi) is 6.84. The van der Waals surface area contributed by atoms with Gasteiger partial charge in [0.2, 0.25) is 0 Å². The number of hydrogen-bond acceptors (Lipinski definition) is 2. The second-order valence-electron chi connectivity index (χ2n) is 8.01. The molecular weight excluding hydrogens is 288 g/mol. The topological polar surface area (TPSA) is 29.5 Å². The summed E-state index contributed by atoms with van der Waals surface area (Å²) in [4.78, 5) is 0. The number of aliphatic hydroxyl groups is 1. The molecule has 1 N–H and O–H groups in total. The van der Waals surface area contributed by atoms with Gasteiger partial charge in [-0.25, -0.2) is 0 Å². The third-order valence-electron chi connectivity index (χ3n) is 4.83. The third kappa shape index (κ3) is 5.22. The van der Waals surface area contributed by atoms with Crippen molar-refractivity contribution in [2.45, 2.75) is 71.7 Å². The molecule has 0 saturated carbocycles. The average molecular weight is 323 g/mol. The molecule has 0 bridgehead atoms. The molecule has 0 fully saturated rings. The number of benzene rings is 1. The molecule has 0 radical (unpaired) electrons. The van der Waals surface area contributed by atoms with E-state index in [1.807, 2.05) is 0 Å². The van der Waals surface area contributed by atoms with E-state index < -0.39 is 8.32 Å². The van der Waals surface area contributed by atoms with Crippen LogP contribution in [0.3, 0.4) is 0 Å². The van der Waals surface area contributed by atoms with Crippen molar-refractivity contribution in [3.63, 3.8) is 0 Å². The van der Waals surface area contributed by atoms with E-state index in [9.17, 15) is 5.11 Å². The monoisotopic (exact) mass is 322 g/mol. The lowest BCUT2D eigenvalue weighted by molar-refractivity contribution is 0.179. The Bertz CT molecular complexity index is 463. The number of aliphatic hydroxyl groups excluding tert-OH is 1. The van der Waals surface area contributed by atoms with Gasteiger partial charge in [0.25, 0.3) is 0 Å². The molecule has 0 unspecified atom stereocenters. The molecule has 0 aliphatic carbocycles. The summed E-state index contributed by atoms with van der Waals surface area (Å²) in [6, 6.07) is 8.70. The molecule has 126 valence electrons. The molecule has 0 saturated heterocycles. The van der Waals surface area contributed by atoms with Gasteiger partial charge >= 0.3 is 0 Å². The molecule has 0 aromatic heterocycles. The summed E-state index contributed by atoms with van der Waals surface area (Å²) in [6.45, 7) is 16.0. The van der Waals surface area contributed by atoms with Crippen molar-refractivity contribution in [1.82, 2.24) is 0 Å². The third-order valence-corrected chi connectivity index (χ3v) is 9.32. The Hall–Kier alpha value is -0.643. The van der Waals surface area contributed by atoms with Crippen LogP contribution in [0, 0.1) is 5.92 Å². The maximum atomic E-state index is 9.24. The van der Waals surface area contributed by atoms with Crippen LogP contribution < -0.4 is 0 Å². The molecular formula is C19H34O2Si. The minimum Gasteiger partial charge on any atom is -0.410 e. The summed E-state index contributed by atoms with van der Waals surface area (Å²) >= 11 is 0. The number of rotatable bonds is 7. The van der Waals surface area contributed by atoms with E-state index in [-0.39, 0.29) is 17.7 Å². The van der Waals surface area contributed by atoms with E-state index in [2.05, 4.69) is 72.0 Å². The van der Waals surface area contributed by atoms with Crippen LogP contribution in [-0.4, -0.2) is 20.0 Å². The first-order chi connectivity index (χ1) is 10.1. The largest absolute Gasteiger partial charge is 0.410 e. The van der Waals surface area contributed by atoms with Crippen LogP contribution in [0.15, 0.2) is 24.3 Å². The van der Waals surface area contributed by atoms with Gasteiger partial charge in [-0.15, -0.1) is 0 Å². The van der Waals surface area contributed by atoms with Crippen LogP contribution in [-0.2, 0) is 10.8 Å². The fourth-order valence-electron chi connectivity index (χ4n) is 2.31. The zero-order valence-electron chi connectivity index (χ0n) is 15.4. The molecule has 22 heavy (non-hydrogen) atoms. The van der Waals surface area contributed by atoms with Gasteiger partial charge in [-0.05, 0) is 48.0 Å². The summed E-state index contributed by atoms with van der Waals surface area (Å²) in [6.07, 6.45) is 2.08. The summed E-state index contributed by atoms with van der Waals surface area (Å²) < 4.78 is 6.61. The Balaban J connectivity index is 2.94. The summed E-state index contributed by atoms with van der Waals surface area (Å²) in [7, 11) is -1.77. The second-order valence-corrected chi connectivity index (χ2v) is 12.8. The quantitative estimate of drug-likeness (QED) is 0.687. The molecule has 2 nitrogen and oxygen atoms in total. The Labute approximate surface area is 138 Å². The Morgan fingerprint density at radius 1 is 1.23 bits per heavy atom. The van der Waals surface area contributed by atoms with E-state index in [1.54, 1.807) is 0 Å². The minimum atomic E-state index is -1.77. The van der Waals surface area contributed by atoms with Crippen LogP contribution in [0.4, 0.5) is 0 Å². The van der Waals surface area contributed by atoms with Crippen molar-refractivity contribution < 1.29 is 9.53 Å². The standard InChI is InChI=1S/C19H34O2Si/c1-8-18(21-22(6,7)19(3,4)5)17-11-9-10-16(13-17)12-15(2)14-20/h9-11,13,15,18,20H,8,12,14H2,1-7H3/t15-,18-/m0/s1. The maximum Gasteiger partial charge on any atom is 0.192 e. The van der Waals surface area contributed by atoms with Gasteiger partial charge in [-0.2, -0.15) is 0 Å². The van der Waals surface area contributed by atoms with E-state index in [4.69, 9.17) is 4.43 Å². The highest BCUT2D eigenvalue weighted by Gasteiger charge is 2.39. The Morgan fingerprint density at radius 3 is 2.36 bits per heavy atom. The van der Waals surface area contributed by atoms with Crippen molar-refractivity contribution in [1.29, 1.82) is 0 Å². The lowest BCUT2D eigenvalue weighted by atomic mass is 9.98. The lowest BCUT2D eigenvalue weighted by Crippen LogP contribution is -2.41. The van der Waals surface area contributed by atoms with Gasteiger partial charge in [-0.1, -0.05) is 58.9 Å². The number of hydrogen-bond donors (Lipinski definition) is 1. The van der Waals surface area contributed by atoms with Gasteiger partial charge < -0.3 is 9.53 Å². The molecule has 0 heterocycles. The highest BCUT2D eigenvalue weighted by atomic mass is 28.4. The highest BCUT2D eigenvalue weighted by Crippen LogP contribution is 2.40. The van der Waals surface area contributed by atoms with Crippen molar-refractivity contribution in [3.05, 3.63) is 35.4 Å². The van der Waals surface area contributed by atoms with E-state index in [0.717, 1.165) is 12.8 Å². The van der Waals surface area contributed by atoms with Crippen LogP contribution in [0.5, 0.6) is 0 Å². The maximum absolute atomic E-state index is 9.24. The van der Waals surface area contributed by atoms with Gasteiger partial charge in [-0.3, -0.25) is 0 Å². The Morgan fingerprint density at radius 2 is 1.86 bits per heavy atom. The molecule has 2 atom stereocenters. The van der Waals surface area contributed by atoms with Crippen LogP contribution >= 0.6 is 0 Å². The lowest BCUT2D eigenvalue weighted by Gasteiger charge is -2.39. The molecule has 3 heteroatoms. The molecule has 0 aliphatic rings. The predicted molar refractivity (Wildman–Crippen MR) is 97.7 cm³/mol. The van der Waals surface area contributed by atoms with Gasteiger partial charge in [0, 0.05) is 6.61 Å². The molecule has 0 spiro atoms. The summed E-state index contributed by atoms with van der Waals surface area (Å²) in [5.74, 6) is 0.302. The second kappa shape index (κ2) is 7.76. The first kappa shape index (κ1) is 19.4. The molecule has 0 aliphatic heterocycles. The van der Waals surface area contributed by atoms with E-state index in [0.29, 0.717) is 5.92 Å². The van der Waals surface area contributed by atoms with Crippen molar-refractivity contribution >= 4 is 8.32 Å². The van der Waals surface area contributed by atoms with Crippen LogP contribution in [0.2, 0.25) is 18.1 Å². The average Bonchev–Trinajstić information content (AvgIpc) is 2.43. The minimum absolute atomic E-state index is 0.172. The van der Waals surface area contributed by atoms with Gasteiger partial charge in [0.15, 0.2) is 8.32 Å². The smallest absolute Gasteiger partial charge is 0.192 e. The molecule has 0 amide bonds. The first-order valence-corrected chi connectivity index (χ1v) is 11.4. The summed E-state index contributed by atoms with van der Waals surface area (Å²) in [5.41, 5.74) is 2.56. The predicted octanol–water partition coefficient (Wildman–Crippen LogP) is 5.33. The van der Waals surface area contributed by atoms with E-state index >= 15 is 0 Å². The first-order valence-electron chi connectivity index (χ1n) is 8.48. The zero-order valence-corrected chi connectivity index (χ0v) is 16.4. The van der Waals surface area contributed by atoms with Crippen molar-refractivity contribution in [3.8, 4) is 0 Å². The van der Waals surface area contributed by atoms with E-state index in [1.165, 1.54) is 11.1 Å². The van der Waals surface area contributed by atoms with Gasteiger partial charge in [0.1, 0.15) is 0 Å². The molecule has 1 rings (SSSR count). The van der Waals surface area contributed by atoms with Crippen molar-refractivity contribution in [2.24, 2.45) is 5.92 Å². The highest BCUT2D eigenvalue weighted by molar-refractivity contribution is 6.74. The molecule has 1 aromatic rings. The SMILES string of the molecule is CC[C@H](O[Si](C)(C)C(C)(C)C)c1cccc(C[C@H](C)CO)c1. The summed E-state index contributed by atoms with van der Waals surface area (Å²) in [5, 5.41) is 9.47. The normalized spacial score (nSPS) is 15.6. The van der Waals surface area contributed by atoms with Gasteiger partial charge in [0.05, 0.1) is 6.10 Å². The zero-order chi connectivity index (χ0) is 17.0. The fraction of sp³-hybridized carbons (Fsp3) is 0.684. The van der Waals surface area contributed by atoms with Crippen molar-refractivity contribution in [2.75, 3.05) is 6.61 Å².